The van der Waals surface area contributed by atoms with Crippen molar-refractivity contribution in [3.05, 3.63) is 0 Å². The summed E-state index contributed by atoms with van der Waals surface area (Å²) in [5, 5.41) is 9.27. The molecular weight excluding hydrogens is 228 g/mol. The van der Waals surface area contributed by atoms with Crippen LogP contribution in [-0.2, 0) is 4.79 Å². The summed E-state index contributed by atoms with van der Waals surface area (Å²) >= 11 is 0. The Labute approximate surface area is 110 Å². The van der Waals surface area contributed by atoms with Crippen LogP contribution < -0.4 is 0 Å². The van der Waals surface area contributed by atoms with Crippen LogP contribution in [0.2, 0.25) is 0 Å². The van der Waals surface area contributed by atoms with Crippen molar-refractivity contribution in [1.82, 2.24) is 9.80 Å². The number of carboxylic acid groups (broad SMARTS) is 1. The SMILES string of the molecule is CCN(CC)C1(CC(=O)O)CCN2CCCC2C1. The Balaban J connectivity index is 2.16. The van der Waals surface area contributed by atoms with Crippen LogP contribution in [0.5, 0.6) is 0 Å². The Bertz CT molecular complexity index is 304. The molecule has 4 nitrogen and oxygen atoms in total. The Morgan fingerprint density at radius 3 is 2.72 bits per heavy atom. The van der Waals surface area contributed by atoms with Crippen LogP contribution in [-0.4, -0.2) is 58.6 Å². The smallest absolute Gasteiger partial charge is 0.305 e. The molecule has 0 radical (unpaired) electrons. The number of nitrogens with zero attached hydrogens (tertiary/aromatic N) is 2. The standard InChI is InChI=1S/C14H26N2O2/c1-3-16(4-2)14(11-13(17)18)7-9-15-8-5-6-12(15)10-14/h12H,3-11H2,1-2H3,(H,17,18). The second-order valence-electron chi connectivity index (χ2n) is 5.75. The van der Waals surface area contributed by atoms with Gasteiger partial charge in [0.05, 0.1) is 6.42 Å². The third-order valence-corrected chi connectivity index (χ3v) is 4.89. The maximum atomic E-state index is 11.3. The molecule has 18 heavy (non-hydrogen) atoms. The molecule has 2 fully saturated rings. The molecule has 0 amide bonds. The van der Waals surface area contributed by atoms with Crippen LogP contribution in [0.1, 0.15) is 46.0 Å². The maximum absolute atomic E-state index is 11.3. The lowest BCUT2D eigenvalue weighted by molar-refractivity contribution is -0.142. The van der Waals surface area contributed by atoms with Crippen molar-refractivity contribution in [1.29, 1.82) is 0 Å². The topological polar surface area (TPSA) is 43.8 Å². The quantitative estimate of drug-likeness (QED) is 0.812. The lowest BCUT2D eigenvalue weighted by Crippen LogP contribution is -2.58. The van der Waals surface area contributed by atoms with E-state index >= 15 is 0 Å². The van der Waals surface area contributed by atoms with E-state index in [9.17, 15) is 9.90 Å². The third-order valence-electron chi connectivity index (χ3n) is 4.89. The van der Waals surface area contributed by atoms with E-state index in [-0.39, 0.29) is 5.54 Å². The molecule has 104 valence electrons. The summed E-state index contributed by atoms with van der Waals surface area (Å²) in [4.78, 5) is 16.2. The lowest BCUT2D eigenvalue weighted by Gasteiger charge is -2.49. The van der Waals surface area contributed by atoms with Crippen LogP contribution in [0.15, 0.2) is 0 Å². The summed E-state index contributed by atoms with van der Waals surface area (Å²) in [7, 11) is 0. The highest BCUT2D eigenvalue weighted by Crippen LogP contribution is 2.39. The first-order valence-electron chi connectivity index (χ1n) is 7.32. The number of aliphatic carboxylic acids is 1. The summed E-state index contributed by atoms with van der Waals surface area (Å²) in [5.74, 6) is -0.645. The van der Waals surface area contributed by atoms with Gasteiger partial charge in [0, 0.05) is 18.1 Å². The molecule has 2 unspecified atom stereocenters. The van der Waals surface area contributed by atoms with Crippen LogP contribution in [0.25, 0.3) is 0 Å². The van der Waals surface area contributed by atoms with Crippen molar-refractivity contribution in [3.63, 3.8) is 0 Å². The van der Waals surface area contributed by atoms with Crippen molar-refractivity contribution in [2.45, 2.75) is 57.5 Å². The number of hydrogen-bond acceptors (Lipinski definition) is 3. The van der Waals surface area contributed by atoms with Crippen molar-refractivity contribution in [2.24, 2.45) is 0 Å². The van der Waals surface area contributed by atoms with Gasteiger partial charge >= 0.3 is 5.97 Å². The number of carbonyl (C=O) groups is 1. The van der Waals surface area contributed by atoms with Gasteiger partial charge in [-0.1, -0.05) is 13.8 Å². The first-order chi connectivity index (χ1) is 8.61. The number of carboxylic acids is 1. The van der Waals surface area contributed by atoms with Gasteiger partial charge in [0.25, 0.3) is 0 Å². The second-order valence-corrected chi connectivity index (χ2v) is 5.75. The van der Waals surface area contributed by atoms with E-state index in [1.54, 1.807) is 0 Å². The van der Waals surface area contributed by atoms with Crippen LogP contribution in [0, 0.1) is 0 Å². The molecule has 0 aliphatic carbocycles. The van der Waals surface area contributed by atoms with Crippen molar-refractivity contribution in [3.8, 4) is 0 Å². The molecule has 4 heteroatoms. The van der Waals surface area contributed by atoms with Gasteiger partial charge < -0.3 is 10.0 Å². The van der Waals surface area contributed by atoms with Gasteiger partial charge in [0.2, 0.25) is 0 Å². The molecule has 0 saturated carbocycles. The number of hydrogen-bond donors (Lipinski definition) is 1. The molecule has 1 N–H and O–H groups in total. The Kier molecular flexibility index (Phi) is 4.28. The van der Waals surface area contributed by atoms with E-state index in [1.165, 1.54) is 19.4 Å². The molecule has 2 heterocycles. The van der Waals surface area contributed by atoms with Crippen LogP contribution in [0.4, 0.5) is 0 Å². The molecular formula is C14H26N2O2. The molecule has 0 aromatic carbocycles. The molecule has 0 bridgehead atoms. The van der Waals surface area contributed by atoms with E-state index < -0.39 is 5.97 Å². The van der Waals surface area contributed by atoms with E-state index in [1.807, 2.05) is 0 Å². The van der Waals surface area contributed by atoms with Crippen molar-refractivity contribution < 1.29 is 9.90 Å². The fourth-order valence-corrected chi connectivity index (χ4v) is 4.05. The van der Waals surface area contributed by atoms with Gasteiger partial charge in [0.1, 0.15) is 0 Å². The zero-order chi connectivity index (χ0) is 13.2. The second kappa shape index (κ2) is 5.57. The summed E-state index contributed by atoms with van der Waals surface area (Å²) in [6, 6.07) is 0.624. The highest BCUT2D eigenvalue weighted by atomic mass is 16.4. The molecule has 2 rings (SSSR count). The highest BCUT2D eigenvalue weighted by molar-refractivity contribution is 5.68. The van der Waals surface area contributed by atoms with E-state index in [0.29, 0.717) is 12.5 Å². The molecule has 0 spiro atoms. The average Bonchev–Trinajstić information content (AvgIpc) is 2.76. The Morgan fingerprint density at radius 1 is 1.39 bits per heavy atom. The lowest BCUT2D eigenvalue weighted by atomic mass is 9.79. The number of fused-ring (bicyclic) bond motifs is 1. The fraction of sp³-hybridized carbons (Fsp3) is 0.929. The highest BCUT2D eigenvalue weighted by Gasteiger charge is 2.45. The normalized spacial score (nSPS) is 32.7. The predicted octanol–water partition coefficient (Wildman–Crippen LogP) is 1.80. The zero-order valence-corrected chi connectivity index (χ0v) is 11.7. The monoisotopic (exact) mass is 254 g/mol. The predicted molar refractivity (Wildman–Crippen MR) is 71.7 cm³/mol. The van der Waals surface area contributed by atoms with Gasteiger partial charge in [-0.05, 0) is 45.3 Å². The fourth-order valence-electron chi connectivity index (χ4n) is 4.05. The number of rotatable bonds is 5. The molecule has 2 saturated heterocycles. The third kappa shape index (κ3) is 2.54. The molecule has 0 aromatic heterocycles. The first-order valence-corrected chi connectivity index (χ1v) is 7.32. The summed E-state index contributed by atoms with van der Waals surface area (Å²) in [5.41, 5.74) is -0.0964. The van der Waals surface area contributed by atoms with E-state index in [0.717, 1.165) is 32.5 Å². The van der Waals surface area contributed by atoms with Gasteiger partial charge in [-0.2, -0.15) is 0 Å². The first kappa shape index (κ1) is 13.8. The number of piperidine rings is 1. The minimum absolute atomic E-state index is 0.0964. The van der Waals surface area contributed by atoms with Gasteiger partial charge in [-0.15, -0.1) is 0 Å². The average molecular weight is 254 g/mol. The van der Waals surface area contributed by atoms with Gasteiger partial charge in [-0.3, -0.25) is 9.69 Å². The van der Waals surface area contributed by atoms with Crippen molar-refractivity contribution >= 4 is 5.97 Å². The zero-order valence-electron chi connectivity index (χ0n) is 11.7. The van der Waals surface area contributed by atoms with E-state index in [4.69, 9.17) is 0 Å². The summed E-state index contributed by atoms with van der Waals surface area (Å²) in [6.45, 7) is 8.50. The van der Waals surface area contributed by atoms with Gasteiger partial charge in [-0.25, -0.2) is 0 Å². The molecule has 2 aliphatic heterocycles. The minimum atomic E-state index is -0.645. The molecule has 2 aliphatic rings. The molecule has 0 aromatic rings. The van der Waals surface area contributed by atoms with Crippen LogP contribution >= 0.6 is 0 Å². The summed E-state index contributed by atoms with van der Waals surface area (Å²) in [6.07, 6.45) is 4.90. The van der Waals surface area contributed by atoms with Gasteiger partial charge in [0.15, 0.2) is 0 Å². The largest absolute Gasteiger partial charge is 0.481 e. The minimum Gasteiger partial charge on any atom is -0.481 e. The maximum Gasteiger partial charge on any atom is 0.305 e. The van der Waals surface area contributed by atoms with E-state index in [2.05, 4.69) is 23.6 Å². The Morgan fingerprint density at radius 2 is 2.11 bits per heavy atom. The summed E-state index contributed by atoms with van der Waals surface area (Å²) < 4.78 is 0. The van der Waals surface area contributed by atoms with Crippen molar-refractivity contribution in [2.75, 3.05) is 26.2 Å². The molecule has 2 atom stereocenters. The van der Waals surface area contributed by atoms with Crippen LogP contribution in [0.3, 0.4) is 0 Å². The Hall–Kier alpha value is -0.610.